The van der Waals surface area contributed by atoms with Gasteiger partial charge >= 0.3 is 0 Å². The van der Waals surface area contributed by atoms with Crippen molar-refractivity contribution in [2.75, 3.05) is 19.6 Å². The first-order chi connectivity index (χ1) is 9.86. The third-order valence-corrected chi connectivity index (χ3v) is 3.47. The van der Waals surface area contributed by atoms with Crippen LogP contribution in [0.25, 0.3) is 0 Å². The lowest BCUT2D eigenvalue weighted by atomic mass is 10.1. The van der Waals surface area contributed by atoms with Gasteiger partial charge in [-0.1, -0.05) is 0 Å². The molecule has 0 unspecified atom stereocenters. The van der Waals surface area contributed by atoms with Crippen LogP contribution in [0.3, 0.4) is 0 Å². The predicted octanol–water partition coefficient (Wildman–Crippen LogP) is -0.581. The topological polar surface area (TPSA) is 80.6 Å². The molecule has 0 bridgehead atoms. The molecule has 1 saturated heterocycles. The number of likely N-dealkylation sites (tertiary alicyclic amines) is 1. The number of ether oxygens (including phenoxy) is 1. The summed E-state index contributed by atoms with van der Waals surface area (Å²) in [4.78, 5) is 35.7. The van der Waals surface area contributed by atoms with E-state index in [1.807, 2.05) is 6.92 Å². The summed E-state index contributed by atoms with van der Waals surface area (Å²) < 4.78 is 7.22. The SMILES string of the molecule is CC(=O)NCC(=O)N1CC(Oc2cc(C)n(C)c(=O)c2)C1. The van der Waals surface area contributed by atoms with Gasteiger partial charge in [0.1, 0.15) is 11.9 Å². The molecule has 0 saturated carbocycles. The highest BCUT2D eigenvalue weighted by Gasteiger charge is 2.32. The Balaban J connectivity index is 1.84. The molecule has 0 aliphatic carbocycles. The Morgan fingerprint density at radius 1 is 1.38 bits per heavy atom. The van der Waals surface area contributed by atoms with Crippen molar-refractivity contribution < 1.29 is 14.3 Å². The van der Waals surface area contributed by atoms with Crippen LogP contribution in [0, 0.1) is 6.92 Å². The van der Waals surface area contributed by atoms with Gasteiger partial charge in [0.25, 0.3) is 5.56 Å². The average Bonchev–Trinajstić information content (AvgIpc) is 2.36. The molecule has 114 valence electrons. The molecule has 2 rings (SSSR count). The number of carbonyl (C=O) groups excluding carboxylic acids is 2. The van der Waals surface area contributed by atoms with Crippen LogP contribution >= 0.6 is 0 Å². The number of carbonyl (C=O) groups is 2. The van der Waals surface area contributed by atoms with Crippen LogP contribution in [0.1, 0.15) is 12.6 Å². The summed E-state index contributed by atoms with van der Waals surface area (Å²) >= 11 is 0. The van der Waals surface area contributed by atoms with Crippen molar-refractivity contribution in [3.8, 4) is 5.75 Å². The van der Waals surface area contributed by atoms with E-state index in [2.05, 4.69) is 5.32 Å². The zero-order valence-corrected chi connectivity index (χ0v) is 12.4. The fourth-order valence-corrected chi connectivity index (χ4v) is 2.03. The van der Waals surface area contributed by atoms with Gasteiger partial charge < -0.3 is 19.5 Å². The van der Waals surface area contributed by atoms with E-state index < -0.39 is 0 Å². The van der Waals surface area contributed by atoms with Crippen molar-refractivity contribution >= 4 is 11.8 Å². The first-order valence-corrected chi connectivity index (χ1v) is 6.73. The molecule has 0 aromatic carbocycles. The maximum atomic E-state index is 11.7. The summed E-state index contributed by atoms with van der Waals surface area (Å²) in [6.07, 6.45) is -0.113. The van der Waals surface area contributed by atoms with E-state index in [4.69, 9.17) is 4.74 Å². The first kappa shape index (κ1) is 15.1. The zero-order valence-electron chi connectivity index (χ0n) is 12.4. The van der Waals surface area contributed by atoms with Gasteiger partial charge in [0.2, 0.25) is 11.8 Å². The molecule has 2 heterocycles. The Labute approximate surface area is 122 Å². The summed E-state index contributed by atoms with van der Waals surface area (Å²) in [7, 11) is 1.70. The lowest BCUT2D eigenvalue weighted by molar-refractivity contribution is -0.140. The molecule has 0 atom stereocenters. The molecular formula is C14H19N3O4. The second kappa shape index (κ2) is 5.99. The summed E-state index contributed by atoms with van der Waals surface area (Å²) in [6, 6.07) is 3.23. The molecule has 0 spiro atoms. The van der Waals surface area contributed by atoms with Crippen molar-refractivity contribution in [1.82, 2.24) is 14.8 Å². The molecule has 0 radical (unpaired) electrons. The van der Waals surface area contributed by atoms with Crippen LogP contribution in [0.5, 0.6) is 5.75 Å². The molecule has 7 nitrogen and oxygen atoms in total. The van der Waals surface area contributed by atoms with Crippen molar-refractivity contribution in [3.63, 3.8) is 0 Å². The van der Waals surface area contributed by atoms with Crippen molar-refractivity contribution in [1.29, 1.82) is 0 Å². The number of rotatable bonds is 4. The number of nitrogens with one attached hydrogen (secondary N) is 1. The van der Waals surface area contributed by atoms with Crippen LogP contribution in [0.2, 0.25) is 0 Å². The average molecular weight is 293 g/mol. The molecule has 2 amide bonds. The lowest BCUT2D eigenvalue weighted by Crippen LogP contribution is -2.58. The molecule has 1 aromatic heterocycles. The molecule has 1 aromatic rings. The van der Waals surface area contributed by atoms with Crippen LogP contribution in [-0.4, -0.2) is 47.0 Å². The lowest BCUT2D eigenvalue weighted by Gasteiger charge is -2.39. The summed E-state index contributed by atoms with van der Waals surface area (Å²) in [6.45, 7) is 4.14. The summed E-state index contributed by atoms with van der Waals surface area (Å²) in [5.41, 5.74) is 0.693. The quantitative estimate of drug-likeness (QED) is 0.805. The molecular weight excluding hydrogens is 274 g/mol. The molecule has 21 heavy (non-hydrogen) atoms. The van der Waals surface area contributed by atoms with Crippen LogP contribution in [0.15, 0.2) is 16.9 Å². The Morgan fingerprint density at radius 3 is 2.62 bits per heavy atom. The van der Waals surface area contributed by atoms with Crippen LogP contribution < -0.4 is 15.6 Å². The van der Waals surface area contributed by atoms with Gasteiger partial charge in [-0.05, 0) is 13.0 Å². The number of nitrogens with zero attached hydrogens (tertiary/aromatic N) is 2. The van der Waals surface area contributed by atoms with Gasteiger partial charge in [-0.2, -0.15) is 0 Å². The molecule has 1 aliphatic heterocycles. The largest absolute Gasteiger partial charge is 0.486 e. The molecule has 7 heteroatoms. The highest BCUT2D eigenvalue weighted by atomic mass is 16.5. The third-order valence-electron chi connectivity index (χ3n) is 3.47. The summed E-state index contributed by atoms with van der Waals surface area (Å²) in [5, 5.41) is 2.47. The van der Waals surface area contributed by atoms with Gasteiger partial charge in [0.15, 0.2) is 0 Å². The number of hydrogen-bond donors (Lipinski definition) is 1. The van der Waals surface area contributed by atoms with Gasteiger partial charge in [0, 0.05) is 25.7 Å². The van der Waals surface area contributed by atoms with E-state index in [1.165, 1.54) is 17.6 Å². The highest BCUT2D eigenvalue weighted by molar-refractivity contribution is 5.84. The highest BCUT2D eigenvalue weighted by Crippen LogP contribution is 2.17. The van der Waals surface area contributed by atoms with Gasteiger partial charge in [0.05, 0.1) is 19.6 Å². The Morgan fingerprint density at radius 2 is 2.05 bits per heavy atom. The number of aryl methyl sites for hydroxylation is 1. The van der Waals surface area contributed by atoms with Crippen LogP contribution in [0.4, 0.5) is 0 Å². The third kappa shape index (κ3) is 3.62. The van der Waals surface area contributed by atoms with E-state index in [0.717, 1.165) is 5.69 Å². The maximum Gasteiger partial charge on any atom is 0.254 e. The van der Waals surface area contributed by atoms with E-state index in [-0.39, 0.29) is 30.0 Å². The van der Waals surface area contributed by atoms with Crippen molar-refractivity contribution in [2.24, 2.45) is 7.05 Å². The standard InChI is InChI=1S/C14H19N3O4/c1-9-4-11(5-13(19)16(9)3)21-12-7-17(8-12)14(20)6-15-10(2)18/h4-5,12H,6-8H2,1-3H3,(H,15,18). The second-order valence-electron chi connectivity index (χ2n) is 5.18. The fraction of sp³-hybridized carbons (Fsp3) is 0.500. The predicted molar refractivity (Wildman–Crippen MR) is 76.1 cm³/mol. The number of hydrogen-bond acceptors (Lipinski definition) is 4. The van der Waals surface area contributed by atoms with Gasteiger partial charge in [-0.15, -0.1) is 0 Å². The normalized spacial score (nSPS) is 14.5. The molecule has 1 fully saturated rings. The van der Waals surface area contributed by atoms with Crippen LogP contribution in [-0.2, 0) is 16.6 Å². The van der Waals surface area contributed by atoms with E-state index in [1.54, 1.807) is 18.0 Å². The number of pyridine rings is 1. The van der Waals surface area contributed by atoms with Crippen molar-refractivity contribution in [2.45, 2.75) is 20.0 Å². The Bertz CT molecular complexity index is 617. The summed E-state index contributed by atoms with van der Waals surface area (Å²) in [5.74, 6) is 0.159. The molecule has 1 aliphatic rings. The maximum absolute atomic E-state index is 11.7. The second-order valence-corrected chi connectivity index (χ2v) is 5.18. The van der Waals surface area contributed by atoms with E-state index in [0.29, 0.717) is 18.8 Å². The minimum Gasteiger partial charge on any atom is -0.486 e. The van der Waals surface area contributed by atoms with Gasteiger partial charge in [-0.25, -0.2) is 0 Å². The monoisotopic (exact) mass is 293 g/mol. The van der Waals surface area contributed by atoms with E-state index in [9.17, 15) is 14.4 Å². The Hall–Kier alpha value is -2.31. The Kier molecular flexibility index (Phi) is 4.30. The molecule has 1 N–H and O–H groups in total. The van der Waals surface area contributed by atoms with Gasteiger partial charge in [-0.3, -0.25) is 14.4 Å². The van der Waals surface area contributed by atoms with Crippen molar-refractivity contribution in [3.05, 3.63) is 28.2 Å². The fourth-order valence-electron chi connectivity index (χ4n) is 2.03. The minimum atomic E-state index is -0.229. The van der Waals surface area contributed by atoms with E-state index >= 15 is 0 Å². The minimum absolute atomic E-state index is 0.00699. The zero-order chi connectivity index (χ0) is 15.6. The smallest absolute Gasteiger partial charge is 0.254 e. The first-order valence-electron chi connectivity index (χ1n) is 6.73. The number of amides is 2. The number of aromatic nitrogens is 1.